The van der Waals surface area contributed by atoms with Gasteiger partial charge in [0.15, 0.2) is 0 Å². The summed E-state index contributed by atoms with van der Waals surface area (Å²) in [7, 11) is 0. The smallest absolute Gasteiger partial charge is 0.314 e. The average Bonchev–Trinajstić information content (AvgIpc) is 3.23. The third-order valence-corrected chi connectivity index (χ3v) is 6.70. The van der Waals surface area contributed by atoms with Crippen LogP contribution >= 0.6 is 0 Å². The van der Waals surface area contributed by atoms with Crippen molar-refractivity contribution in [2.24, 2.45) is 0 Å². The van der Waals surface area contributed by atoms with E-state index in [2.05, 4.69) is 34.4 Å². The molecule has 8 heteroatoms. The van der Waals surface area contributed by atoms with Gasteiger partial charge in [-0.1, -0.05) is 18.2 Å². The molecule has 3 amide bonds. The summed E-state index contributed by atoms with van der Waals surface area (Å²) < 4.78 is 1.80. The number of fused-ring (bicyclic) bond motifs is 1. The Morgan fingerprint density at radius 3 is 2.52 bits per heavy atom. The number of anilines is 1. The number of nitrogens with one attached hydrogen (secondary N) is 1. The highest BCUT2D eigenvalue weighted by atomic mass is 16.2. The molecular formula is C25H30N6O2. The third-order valence-electron chi connectivity index (χ3n) is 6.70. The van der Waals surface area contributed by atoms with Crippen molar-refractivity contribution in [3.8, 4) is 0 Å². The molecule has 2 fully saturated rings. The molecule has 0 unspecified atom stereocenters. The molecule has 172 valence electrons. The third kappa shape index (κ3) is 4.36. The van der Waals surface area contributed by atoms with Crippen LogP contribution in [-0.4, -0.2) is 64.1 Å². The van der Waals surface area contributed by atoms with Gasteiger partial charge in [0.2, 0.25) is 5.91 Å². The lowest BCUT2D eigenvalue weighted by Crippen LogP contribution is -2.52. The molecule has 8 nitrogen and oxygen atoms in total. The lowest BCUT2D eigenvalue weighted by Gasteiger charge is -2.33. The van der Waals surface area contributed by atoms with Crippen LogP contribution in [0.25, 0.3) is 5.52 Å². The first-order chi connectivity index (χ1) is 16.0. The molecule has 2 aliphatic heterocycles. The summed E-state index contributed by atoms with van der Waals surface area (Å²) in [4.78, 5) is 31.6. The van der Waals surface area contributed by atoms with Gasteiger partial charge in [0, 0.05) is 51.9 Å². The van der Waals surface area contributed by atoms with Crippen LogP contribution in [0.5, 0.6) is 0 Å². The molecule has 0 radical (unpaired) electrons. The number of amides is 3. The molecule has 1 aromatic carbocycles. The van der Waals surface area contributed by atoms with Crippen LogP contribution in [0.15, 0.2) is 42.7 Å². The molecule has 2 aliphatic rings. The van der Waals surface area contributed by atoms with Crippen molar-refractivity contribution in [2.75, 3.05) is 37.6 Å². The van der Waals surface area contributed by atoms with Crippen molar-refractivity contribution in [3.05, 3.63) is 65.0 Å². The first-order valence-electron chi connectivity index (χ1n) is 11.6. The van der Waals surface area contributed by atoms with Gasteiger partial charge in [-0.15, -0.1) is 0 Å². The molecule has 0 bridgehead atoms. The summed E-state index contributed by atoms with van der Waals surface area (Å²) in [5, 5.41) is 7.84. The fourth-order valence-electron chi connectivity index (χ4n) is 4.60. The average molecular weight is 447 g/mol. The standard InChI is InChI=1S/C25H30N6O2/c1-18-3-4-20(13-19(18)2)17-30-24(32)6-9-29(25(30)33)23-15-27-31-10-5-21(14-22(23)31)16-28-11-7-26-8-12-28/h3-5,10,13-15,26H,6-9,11-12,16-17H2,1-2H3. The minimum absolute atomic E-state index is 0.134. The van der Waals surface area contributed by atoms with E-state index < -0.39 is 0 Å². The van der Waals surface area contributed by atoms with Crippen molar-refractivity contribution in [3.63, 3.8) is 0 Å². The Balaban J connectivity index is 1.39. The normalized spacial score (nSPS) is 17.9. The second-order valence-electron chi connectivity index (χ2n) is 9.00. The topological polar surface area (TPSA) is 73.2 Å². The van der Waals surface area contributed by atoms with Gasteiger partial charge in [-0.3, -0.25) is 19.5 Å². The summed E-state index contributed by atoms with van der Waals surface area (Å²) in [6.45, 7) is 9.68. The second-order valence-corrected chi connectivity index (χ2v) is 9.00. The summed E-state index contributed by atoms with van der Waals surface area (Å²) in [6, 6.07) is 9.98. The minimum Gasteiger partial charge on any atom is -0.314 e. The molecule has 1 N–H and O–H groups in total. The van der Waals surface area contributed by atoms with E-state index in [-0.39, 0.29) is 18.5 Å². The van der Waals surface area contributed by atoms with Crippen LogP contribution in [-0.2, 0) is 17.9 Å². The molecule has 4 heterocycles. The molecule has 5 rings (SSSR count). The zero-order valence-electron chi connectivity index (χ0n) is 19.3. The Hall–Kier alpha value is -3.23. The zero-order valence-corrected chi connectivity index (χ0v) is 19.3. The Bertz CT molecular complexity index is 1200. The molecule has 0 aliphatic carbocycles. The molecule has 2 aromatic heterocycles. The highest BCUT2D eigenvalue weighted by Gasteiger charge is 2.34. The Morgan fingerprint density at radius 2 is 1.73 bits per heavy atom. The van der Waals surface area contributed by atoms with E-state index in [0.717, 1.165) is 55.1 Å². The number of pyridine rings is 1. The maximum atomic E-state index is 13.4. The van der Waals surface area contributed by atoms with Crippen LogP contribution < -0.4 is 10.2 Å². The second kappa shape index (κ2) is 8.96. The van der Waals surface area contributed by atoms with Crippen LogP contribution in [0.3, 0.4) is 0 Å². The number of hydrogen-bond donors (Lipinski definition) is 1. The molecule has 0 spiro atoms. The van der Waals surface area contributed by atoms with Gasteiger partial charge in [-0.2, -0.15) is 5.10 Å². The number of benzene rings is 1. The Kier molecular flexibility index (Phi) is 5.86. The van der Waals surface area contributed by atoms with E-state index in [1.165, 1.54) is 16.0 Å². The van der Waals surface area contributed by atoms with E-state index in [0.29, 0.717) is 13.0 Å². The monoisotopic (exact) mass is 446 g/mol. The number of carbonyl (C=O) groups excluding carboxylic acids is 2. The van der Waals surface area contributed by atoms with E-state index >= 15 is 0 Å². The molecule has 33 heavy (non-hydrogen) atoms. The fraction of sp³-hybridized carbons (Fsp3) is 0.400. The van der Waals surface area contributed by atoms with Gasteiger partial charge in [-0.05, 0) is 48.2 Å². The van der Waals surface area contributed by atoms with Crippen LogP contribution in [0.4, 0.5) is 10.5 Å². The number of carbonyl (C=O) groups is 2. The Labute approximate surface area is 193 Å². The van der Waals surface area contributed by atoms with Crippen LogP contribution in [0.1, 0.15) is 28.7 Å². The molecule has 0 atom stereocenters. The largest absolute Gasteiger partial charge is 0.331 e. The number of imide groups is 1. The molecule has 2 saturated heterocycles. The number of aromatic nitrogens is 2. The van der Waals surface area contributed by atoms with E-state index in [1.54, 1.807) is 15.6 Å². The van der Waals surface area contributed by atoms with Crippen molar-refractivity contribution < 1.29 is 9.59 Å². The number of rotatable bonds is 5. The lowest BCUT2D eigenvalue weighted by atomic mass is 10.1. The minimum atomic E-state index is -0.285. The van der Waals surface area contributed by atoms with E-state index in [4.69, 9.17) is 0 Å². The van der Waals surface area contributed by atoms with Crippen molar-refractivity contribution >= 4 is 23.1 Å². The van der Waals surface area contributed by atoms with Gasteiger partial charge in [0.05, 0.1) is 23.9 Å². The van der Waals surface area contributed by atoms with Gasteiger partial charge in [0.25, 0.3) is 0 Å². The highest BCUT2D eigenvalue weighted by Crippen LogP contribution is 2.27. The van der Waals surface area contributed by atoms with E-state index in [1.807, 2.05) is 31.3 Å². The fourth-order valence-corrected chi connectivity index (χ4v) is 4.60. The zero-order chi connectivity index (χ0) is 22.9. The number of hydrogen-bond acceptors (Lipinski definition) is 5. The summed E-state index contributed by atoms with van der Waals surface area (Å²) >= 11 is 0. The number of piperazine rings is 1. The predicted molar refractivity (Wildman–Crippen MR) is 127 cm³/mol. The Morgan fingerprint density at radius 1 is 0.939 bits per heavy atom. The quantitative estimate of drug-likeness (QED) is 0.653. The molecule has 3 aromatic rings. The summed E-state index contributed by atoms with van der Waals surface area (Å²) in [5.41, 5.74) is 6.13. The van der Waals surface area contributed by atoms with E-state index in [9.17, 15) is 9.59 Å². The van der Waals surface area contributed by atoms with Crippen LogP contribution in [0.2, 0.25) is 0 Å². The first kappa shape index (κ1) is 21.6. The van der Waals surface area contributed by atoms with Crippen LogP contribution in [0, 0.1) is 13.8 Å². The van der Waals surface area contributed by atoms with Gasteiger partial charge < -0.3 is 5.32 Å². The lowest BCUT2D eigenvalue weighted by molar-refractivity contribution is -0.129. The van der Waals surface area contributed by atoms with Gasteiger partial charge in [0.1, 0.15) is 0 Å². The van der Waals surface area contributed by atoms with Crippen molar-refractivity contribution in [1.82, 2.24) is 24.7 Å². The summed E-state index contributed by atoms with van der Waals surface area (Å²) in [6.07, 6.45) is 3.98. The summed E-state index contributed by atoms with van der Waals surface area (Å²) in [5.74, 6) is -0.134. The number of nitrogens with zero attached hydrogens (tertiary/aromatic N) is 5. The first-order valence-corrected chi connectivity index (χ1v) is 11.6. The number of urea groups is 1. The number of aryl methyl sites for hydroxylation is 2. The predicted octanol–water partition coefficient (Wildman–Crippen LogP) is 2.72. The maximum Gasteiger partial charge on any atom is 0.331 e. The molecular weight excluding hydrogens is 416 g/mol. The van der Waals surface area contributed by atoms with Gasteiger partial charge in [-0.25, -0.2) is 9.31 Å². The van der Waals surface area contributed by atoms with Crippen molar-refractivity contribution in [1.29, 1.82) is 0 Å². The SMILES string of the molecule is Cc1ccc(CN2C(=O)CCN(c3cnn4ccc(CN5CCNCC5)cc34)C2=O)cc1C. The van der Waals surface area contributed by atoms with Gasteiger partial charge >= 0.3 is 6.03 Å². The highest BCUT2D eigenvalue weighted by molar-refractivity contribution is 6.07. The molecule has 0 saturated carbocycles. The maximum absolute atomic E-state index is 13.4. The van der Waals surface area contributed by atoms with Crippen molar-refractivity contribution in [2.45, 2.75) is 33.4 Å².